The first kappa shape index (κ1) is 32.8. The van der Waals surface area contributed by atoms with Gasteiger partial charge in [0.1, 0.15) is 23.9 Å². The number of aromatic hydroxyl groups is 1. The fourth-order valence-corrected chi connectivity index (χ4v) is 4.08. The van der Waals surface area contributed by atoms with Gasteiger partial charge in [-0.05, 0) is 42.0 Å². The molecule has 4 amide bonds. The SMILES string of the molecule is CCC(C)C(NC(=O)C(N)Cc1ccccc1)C(=O)NC(Cc1ccc(O)cc1)C(=O)NC(CCC(N)=O)C(=O)O. The number of carbonyl (C=O) groups is 5. The van der Waals surface area contributed by atoms with E-state index in [2.05, 4.69) is 16.0 Å². The van der Waals surface area contributed by atoms with E-state index in [0.29, 0.717) is 12.0 Å². The maximum absolute atomic E-state index is 13.5. The Labute approximate surface area is 238 Å². The van der Waals surface area contributed by atoms with Crippen molar-refractivity contribution in [3.05, 3.63) is 65.7 Å². The van der Waals surface area contributed by atoms with E-state index in [1.54, 1.807) is 19.1 Å². The van der Waals surface area contributed by atoms with E-state index in [-0.39, 0.29) is 37.4 Å². The topological polar surface area (TPSA) is 214 Å². The van der Waals surface area contributed by atoms with Crippen molar-refractivity contribution >= 4 is 29.6 Å². The number of phenols is 1. The summed E-state index contributed by atoms with van der Waals surface area (Å²) in [6.07, 6.45) is 0.234. The quantitative estimate of drug-likeness (QED) is 0.149. The average Bonchev–Trinajstić information content (AvgIpc) is 2.94. The Bertz CT molecular complexity index is 1190. The van der Waals surface area contributed by atoms with Crippen LogP contribution < -0.4 is 27.4 Å². The third-order valence-electron chi connectivity index (χ3n) is 6.73. The van der Waals surface area contributed by atoms with Gasteiger partial charge in [0, 0.05) is 12.8 Å². The van der Waals surface area contributed by atoms with E-state index < -0.39 is 53.8 Å². The zero-order valence-corrected chi connectivity index (χ0v) is 23.2. The summed E-state index contributed by atoms with van der Waals surface area (Å²) in [4.78, 5) is 62.5. The normalized spacial score (nSPS) is 14.5. The van der Waals surface area contributed by atoms with Gasteiger partial charge in [-0.3, -0.25) is 19.2 Å². The first-order chi connectivity index (χ1) is 19.4. The minimum Gasteiger partial charge on any atom is -0.508 e. The molecule has 0 aliphatic heterocycles. The van der Waals surface area contributed by atoms with Crippen molar-refractivity contribution in [3.63, 3.8) is 0 Å². The summed E-state index contributed by atoms with van der Waals surface area (Å²) in [7, 11) is 0. The van der Waals surface area contributed by atoms with Gasteiger partial charge in [0.15, 0.2) is 0 Å². The number of rotatable bonds is 16. The summed E-state index contributed by atoms with van der Waals surface area (Å²) >= 11 is 0. The second kappa shape index (κ2) is 16.0. The number of nitrogens with one attached hydrogen (secondary N) is 3. The molecule has 2 rings (SSSR count). The number of hydrogen-bond acceptors (Lipinski definition) is 7. The molecule has 2 aromatic rings. The monoisotopic (exact) mass is 569 g/mol. The van der Waals surface area contributed by atoms with E-state index in [0.717, 1.165) is 5.56 Å². The predicted octanol–water partition coefficient (Wildman–Crippen LogP) is 0.355. The highest BCUT2D eigenvalue weighted by Crippen LogP contribution is 2.14. The van der Waals surface area contributed by atoms with Crippen LogP contribution in [-0.4, -0.2) is 64.0 Å². The Morgan fingerprint density at radius 2 is 1.39 bits per heavy atom. The van der Waals surface area contributed by atoms with Gasteiger partial charge in [0.2, 0.25) is 23.6 Å². The first-order valence-electron chi connectivity index (χ1n) is 13.4. The Kier molecular flexibility index (Phi) is 12.8. The molecule has 0 heterocycles. The Hall–Kier alpha value is -4.45. The lowest BCUT2D eigenvalue weighted by atomic mass is 9.96. The fourth-order valence-electron chi connectivity index (χ4n) is 4.08. The summed E-state index contributed by atoms with van der Waals surface area (Å²) < 4.78 is 0. The Balaban J connectivity index is 2.24. The molecule has 0 saturated carbocycles. The summed E-state index contributed by atoms with van der Waals surface area (Å²) in [6, 6.07) is 10.5. The molecule has 0 fully saturated rings. The van der Waals surface area contributed by atoms with Crippen molar-refractivity contribution < 1.29 is 34.2 Å². The van der Waals surface area contributed by atoms with Crippen LogP contribution in [0.2, 0.25) is 0 Å². The van der Waals surface area contributed by atoms with E-state index in [4.69, 9.17) is 11.5 Å². The van der Waals surface area contributed by atoms with Crippen LogP contribution in [0.25, 0.3) is 0 Å². The molecule has 2 aromatic carbocycles. The number of benzene rings is 2. The average molecular weight is 570 g/mol. The number of amides is 4. The molecule has 12 heteroatoms. The molecule has 0 bridgehead atoms. The molecule has 0 radical (unpaired) electrons. The lowest BCUT2D eigenvalue weighted by molar-refractivity contribution is -0.142. The second-order valence-corrected chi connectivity index (χ2v) is 10.0. The summed E-state index contributed by atoms with van der Waals surface area (Å²) in [6.45, 7) is 3.62. The minimum absolute atomic E-state index is 0.00238. The van der Waals surface area contributed by atoms with Gasteiger partial charge in [-0.25, -0.2) is 4.79 Å². The van der Waals surface area contributed by atoms with Gasteiger partial charge in [0.05, 0.1) is 6.04 Å². The second-order valence-electron chi connectivity index (χ2n) is 10.0. The van der Waals surface area contributed by atoms with Crippen LogP contribution in [0.3, 0.4) is 0 Å². The molecule has 222 valence electrons. The minimum atomic E-state index is -1.42. The molecule has 0 spiro atoms. The highest BCUT2D eigenvalue weighted by Gasteiger charge is 2.32. The van der Waals surface area contributed by atoms with Crippen LogP contribution in [0.5, 0.6) is 5.75 Å². The lowest BCUT2D eigenvalue weighted by Crippen LogP contribution is -2.59. The molecular weight excluding hydrogens is 530 g/mol. The number of carboxylic acids is 1. The van der Waals surface area contributed by atoms with Gasteiger partial charge in [-0.2, -0.15) is 0 Å². The van der Waals surface area contributed by atoms with Crippen LogP contribution in [-0.2, 0) is 36.8 Å². The maximum atomic E-state index is 13.5. The predicted molar refractivity (Wildman–Crippen MR) is 151 cm³/mol. The molecule has 5 unspecified atom stereocenters. The highest BCUT2D eigenvalue weighted by atomic mass is 16.4. The van der Waals surface area contributed by atoms with Gasteiger partial charge in [-0.15, -0.1) is 0 Å². The van der Waals surface area contributed by atoms with E-state index in [1.165, 1.54) is 12.1 Å². The number of aliphatic carboxylic acids is 1. The molecule has 0 aliphatic carbocycles. The number of nitrogens with two attached hydrogens (primary N) is 2. The summed E-state index contributed by atoms with van der Waals surface area (Å²) in [5, 5.41) is 26.9. The van der Waals surface area contributed by atoms with Gasteiger partial charge in [0.25, 0.3) is 0 Å². The number of phenolic OH excluding ortho intramolecular Hbond substituents is 1. The van der Waals surface area contributed by atoms with Crippen LogP contribution >= 0.6 is 0 Å². The molecule has 0 saturated heterocycles. The molecule has 0 aliphatic rings. The van der Waals surface area contributed by atoms with Crippen LogP contribution in [0, 0.1) is 5.92 Å². The Morgan fingerprint density at radius 1 is 0.805 bits per heavy atom. The van der Waals surface area contributed by atoms with Crippen molar-refractivity contribution in [3.8, 4) is 5.75 Å². The van der Waals surface area contributed by atoms with Crippen LogP contribution in [0.4, 0.5) is 0 Å². The van der Waals surface area contributed by atoms with E-state index in [9.17, 15) is 34.2 Å². The van der Waals surface area contributed by atoms with Crippen molar-refractivity contribution in [2.75, 3.05) is 0 Å². The van der Waals surface area contributed by atoms with E-state index in [1.807, 2.05) is 37.3 Å². The first-order valence-corrected chi connectivity index (χ1v) is 13.4. The molecule has 0 aromatic heterocycles. The number of primary amides is 1. The highest BCUT2D eigenvalue weighted by molar-refractivity contribution is 5.94. The summed E-state index contributed by atoms with van der Waals surface area (Å²) in [5.41, 5.74) is 12.7. The lowest BCUT2D eigenvalue weighted by Gasteiger charge is -2.28. The molecule has 9 N–H and O–H groups in total. The zero-order chi connectivity index (χ0) is 30.5. The van der Waals surface area contributed by atoms with Crippen molar-refractivity contribution in [1.29, 1.82) is 0 Å². The van der Waals surface area contributed by atoms with E-state index >= 15 is 0 Å². The standard InChI is InChI=1S/C29H39N5O7/c1-3-17(2)25(34-26(37)21(30)15-18-7-5-4-6-8-18)28(39)33-23(16-19-9-11-20(35)12-10-19)27(38)32-22(29(40)41)13-14-24(31)36/h4-12,17,21-23,25,35H,3,13-16,30H2,1-2H3,(H2,31,36)(H,32,38)(H,33,39)(H,34,37)(H,40,41). The third-order valence-corrected chi connectivity index (χ3v) is 6.73. The van der Waals surface area contributed by atoms with Crippen molar-refractivity contribution in [2.45, 2.75) is 70.1 Å². The van der Waals surface area contributed by atoms with Gasteiger partial charge < -0.3 is 37.6 Å². The molecule has 12 nitrogen and oxygen atoms in total. The van der Waals surface area contributed by atoms with Gasteiger partial charge >= 0.3 is 5.97 Å². The number of hydrogen-bond donors (Lipinski definition) is 7. The fraction of sp³-hybridized carbons (Fsp3) is 0.414. The zero-order valence-electron chi connectivity index (χ0n) is 23.2. The molecule has 5 atom stereocenters. The largest absolute Gasteiger partial charge is 0.508 e. The number of carbonyl (C=O) groups excluding carboxylic acids is 4. The third kappa shape index (κ3) is 10.9. The van der Waals surface area contributed by atoms with Crippen molar-refractivity contribution in [1.82, 2.24) is 16.0 Å². The van der Waals surface area contributed by atoms with Crippen LogP contribution in [0.15, 0.2) is 54.6 Å². The molecule has 41 heavy (non-hydrogen) atoms. The van der Waals surface area contributed by atoms with Crippen LogP contribution in [0.1, 0.15) is 44.2 Å². The number of carboxylic acid groups (broad SMARTS) is 1. The summed E-state index contributed by atoms with van der Waals surface area (Å²) in [5.74, 6) is -4.42. The Morgan fingerprint density at radius 3 is 1.95 bits per heavy atom. The smallest absolute Gasteiger partial charge is 0.326 e. The maximum Gasteiger partial charge on any atom is 0.326 e. The van der Waals surface area contributed by atoms with Gasteiger partial charge in [-0.1, -0.05) is 62.7 Å². The van der Waals surface area contributed by atoms with Crippen molar-refractivity contribution in [2.24, 2.45) is 17.4 Å². The molecular formula is C29H39N5O7.